The van der Waals surface area contributed by atoms with Crippen molar-refractivity contribution in [3.63, 3.8) is 0 Å². The summed E-state index contributed by atoms with van der Waals surface area (Å²) in [6, 6.07) is 8.98. The normalized spacial score (nSPS) is 12.0. The SMILES string of the molecule is CCCCCCCCCCCCCCCCCC(O)(O)c1cc2ccccc2[nH]c1=O. The van der Waals surface area contributed by atoms with Gasteiger partial charge in [-0.25, -0.2) is 0 Å². The summed E-state index contributed by atoms with van der Waals surface area (Å²) in [5, 5.41) is 21.7. The van der Waals surface area contributed by atoms with Gasteiger partial charge in [-0.15, -0.1) is 0 Å². The minimum absolute atomic E-state index is 0.0385. The number of nitrogens with one attached hydrogen (secondary N) is 1. The number of unbranched alkanes of at least 4 members (excludes halogenated alkanes) is 14. The molecule has 0 aliphatic heterocycles. The lowest BCUT2D eigenvalue weighted by Crippen LogP contribution is -2.32. The summed E-state index contributed by atoms with van der Waals surface area (Å²) in [5.41, 5.74) is 0.320. The van der Waals surface area contributed by atoms with Crippen LogP contribution in [-0.4, -0.2) is 15.2 Å². The van der Waals surface area contributed by atoms with E-state index in [1.54, 1.807) is 6.07 Å². The van der Waals surface area contributed by atoms with Crippen molar-refractivity contribution < 1.29 is 10.2 Å². The first-order valence-corrected chi connectivity index (χ1v) is 12.6. The average molecular weight is 430 g/mol. The van der Waals surface area contributed by atoms with Crippen molar-refractivity contribution >= 4 is 10.9 Å². The summed E-state index contributed by atoms with van der Waals surface area (Å²) >= 11 is 0. The van der Waals surface area contributed by atoms with Gasteiger partial charge in [-0.1, -0.05) is 115 Å². The quantitative estimate of drug-likeness (QED) is 0.189. The molecule has 0 atom stereocenters. The largest absolute Gasteiger partial charge is 0.362 e. The van der Waals surface area contributed by atoms with E-state index in [0.29, 0.717) is 11.9 Å². The first kappa shape index (κ1) is 25.6. The lowest BCUT2D eigenvalue weighted by molar-refractivity contribution is -0.176. The number of fused-ring (bicyclic) bond motifs is 1. The summed E-state index contributed by atoms with van der Waals surface area (Å²) in [7, 11) is 0. The predicted molar refractivity (Wildman–Crippen MR) is 130 cm³/mol. The van der Waals surface area contributed by atoms with Gasteiger partial charge in [0.1, 0.15) is 0 Å². The minimum Gasteiger partial charge on any atom is -0.362 e. The van der Waals surface area contributed by atoms with Crippen LogP contribution < -0.4 is 5.56 Å². The van der Waals surface area contributed by atoms with Crippen LogP contribution in [0, 0.1) is 0 Å². The van der Waals surface area contributed by atoms with Crippen LogP contribution in [0.3, 0.4) is 0 Å². The standard InChI is InChI=1S/C27H43NO3/c1-2-3-4-5-6-7-8-9-10-11-12-13-14-15-18-21-27(30,31)24-22-23-19-16-17-20-25(23)28-26(24)29/h16-17,19-20,22,30-31H,2-15,18,21H2,1H3,(H,28,29). The molecule has 4 heteroatoms. The number of pyridine rings is 1. The van der Waals surface area contributed by atoms with Gasteiger partial charge in [0.15, 0.2) is 5.79 Å². The summed E-state index contributed by atoms with van der Waals surface area (Å²) in [6.45, 7) is 2.26. The van der Waals surface area contributed by atoms with E-state index >= 15 is 0 Å². The fraction of sp³-hybridized carbons (Fsp3) is 0.667. The Morgan fingerprint density at radius 1 is 0.742 bits per heavy atom. The molecule has 0 fully saturated rings. The van der Waals surface area contributed by atoms with E-state index in [0.717, 1.165) is 18.2 Å². The number of hydrogen-bond acceptors (Lipinski definition) is 3. The van der Waals surface area contributed by atoms with Crippen molar-refractivity contribution in [2.45, 2.75) is 115 Å². The third kappa shape index (κ3) is 9.57. The zero-order valence-electron chi connectivity index (χ0n) is 19.5. The molecule has 3 N–H and O–H groups in total. The van der Waals surface area contributed by atoms with Gasteiger partial charge in [0.2, 0.25) is 0 Å². The van der Waals surface area contributed by atoms with Crippen LogP contribution in [0.25, 0.3) is 10.9 Å². The van der Waals surface area contributed by atoms with Crippen LogP contribution in [0.1, 0.15) is 115 Å². The molecule has 0 aliphatic carbocycles. The Morgan fingerprint density at radius 2 is 1.23 bits per heavy atom. The molecule has 4 nitrogen and oxygen atoms in total. The number of hydrogen-bond donors (Lipinski definition) is 3. The van der Waals surface area contributed by atoms with E-state index in [4.69, 9.17) is 0 Å². The molecule has 1 aromatic heterocycles. The highest BCUT2D eigenvalue weighted by atomic mass is 16.5. The fourth-order valence-electron chi connectivity index (χ4n) is 4.32. The maximum absolute atomic E-state index is 12.3. The molecule has 0 saturated heterocycles. The molecular formula is C27H43NO3. The summed E-state index contributed by atoms with van der Waals surface area (Å²) in [6.07, 6.45) is 19.2. The lowest BCUT2D eigenvalue weighted by Gasteiger charge is -2.21. The second-order valence-electron chi connectivity index (χ2n) is 9.12. The van der Waals surface area contributed by atoms with Crippen LogP contribution in [-0.2, 0) is 5.79 Å². The van der Waals surface area contributed by atoms with Crippen LogP contribution in [0.15, 0.2) is 35.1 Å². The molecule has 1 heterocycles. The Hall–Kier alpha value is -1.65. The van der Waals surface area contributed by atoms with Gasteiger partial charge < -0.3 is 15.2 Å². The van der Waals surface area contributed by atoms with Crippen molar-refractivity contribution in [1.29, 1.82) is 0 Å². The summed E-state index contributed by atoms with van der Waals surface area (Å²) in [4.78, 5) is 15.0. The van der Waals surface area contributed by atoms with Crippen LogP contribution in [0.2, 0.25) is 0 Å². The Labute approximate surface area is 188 Å². The third-order valence-electron chi connectivity index (χ3n) is 6.31. The van der Waals surface area contributed by atoms with Gasteiger partial charge in [-0.3, -0.25) is 4.79 Å². The molecule has 2 rings (SSSR count). The van der Waals surface area contributed by atoms with Gasteiger partial charge in [0, 0.05) is 11.9 Å². The first-order valence-electron chi connectivity index (χ1n) is 12.6. The number of rotatable bonds is 17. The molecule has 0 amide bonds. The Balaban J connectivity index is 1.53. The maximum atomic E-state index is 12.3. The smallest absolute Gasteiger partial charge is 0.257 e. The predicted octanol–water partition coefficient (Wildman–Crippen LogP) is 6.93. The summed E-state index contributed by atoms with van der Waals surface area (Å²) in [5.74, 6) is -2.08. The number of benzene rings is 1. The maximum Gasteiger partial charge on any atom is 0.257 e. The van der Waals surface area contributed by atoms with Gasteiger partial charge in [-0.05, 0) is 23.9 Å². The van der Waals surface area contributed by atoms with Crippen molar-refractivity contribution in [2.24, 2.45) is 0 Å². The average Bonchev–Trinajstić information content (AvgIpc) is 2.75. The van der Waals surface area contributed by atoms with Crippen molar-refractivity contribution in [3.8, 4) is 0 Å². The zero-order valence-corrected chi connectivity index (χ0v) is 19.5. The molecule has 0 saturated carbocycles. The molecule has 0 unspecified atom stereocenters. The van der Waals surface area contributed by atoms with Crippen molar-refractivity contribution in [3.05, 3.63) is 46.2 Å². The zero-order chi connectivity index (χ0) is 22.4. The van der Waals surface area contributed by atoms with E-state index in [2.05, 4.69) is 11.9 Å². The van der Waals surface area contributed by atoms with E-state index in [-0.39, 0.29) is 12.0 Å². The molecule has 174 valence electrons. The number of aromatic nitrogens is 1. The second-order valence-corrected chi connectivity index (χ2v) is 9.12. The van der Waals surface area contributed by atoms with E-state index in [1.165, 1.54) is 77.0 Å². The van der Waals surface area contributed by atoms with Gasteiger partial charge in [0.25, 0.3) is 5.56 Å². The number of para-hydroxylation sites is 1. The molecule has 31 heavy (non-hydrogen) atoms. The molecule has 0 bridgehead atoms. The van der Waals surface area contributed by atoms with E-state index in [1.807, 2.05) is 24.3 Å². The van der Waals surface area contributed by atoms with Gasteiger partial charge >= 0.3 is 0 Å². The Bertz CT molecular complexity index is 796. The fourth-order valence-corrected chi connectivity index (χ4v) is 4.32. The molecule has 0 aliphatic rings. The highest BCUT2D eigenvalue weighted by Crippen LogP contribution is 2.24. The van der Waals surface area contributed by atoms with Crippen molar-refractivity contribution in [2.75, 3.05) is 0 Å². The van der Waals surface area contributed by atoms with Crippen molar-refractivity contribution in [1.82, 2.24) is 4.98 Å². The molecule has 2 aromatic rings. The Morgan fingerprint density at radius 3 is 1.77 bits per heavy atom. The number of aliphatic hydroxyl groups is 2. The number of H-pyrrole nitrogens is 1. The minimum atomic E-state index is -2.08. The second kappa shape index (κ2) is 14.4. The monoisotopic (exact) mass is 429 g/mol. The molecular weight excluding hydrogens is 386 g/mol. The highest BCUT2D eigenvalue weighted by Gasteiger charge is 2.28. The van der Waals surface area contributed by atoms with E-state index < -0.39 is 11.3 Å². The van der Waals surface area contributed by atoms with Crippen LogP contribution in [0.5, 0.6) is 0 Å². The molecule has 0 radical (unpaired) electrons. The lowest BCUT2D eigenvalue weighted by atomic mass is 9.98. The molecule has 1 aromatic carbocycles. The summed E-state index contributed by atoms with van der Waals surface area (Å²) < 4.78 is 0. The first-order chi connectivity index (χ1) is 15.0. The van der Waals surface area contributed by atoms with Gasteiger partial charge in [0.05, 0.1) is 5.56 Å². The van der Waals surface area contributed by atoms with Gasteiger partial charge in [-0.2, -0.15) is 0 Å². The van der Waals surface area contributed by atoms with Crippen LogP contribution >= 0.6 is 0 Å². The molecule has 0 spiro atoms. The highest BCUT2D eigenvalue weighted by molar-refractivity contribution is 5.78. The third-order valence-corrected chi connectivity index (χ3v) is 6.31. The number of aromatic amines is 1. The topological polar surface area (TPSA) is 73.3 Å². The van der Waals surface area contributed by atoms with Crippen LogP contribution in [0.4, 0.5) is 0 Å². The van der Waals surface area contributed by atoms with E-state index in [9.17, 15) is 15.0 Å². The Kier molecular flexibility index (Phi) is 11.9.